The molecule has 0 aliphatic rings. The fourth-order valence-electron chi connectivity index (χ4n) is 2.62. The van der Waals surface area contributed by atoms with Crippen LogP contribution in [0.3, 0.4) is 0 Å². The van der Waals surface area contributed by atoms with Crippen LogP contribution in [0.15, 0.2) is 60.8 Å². The minimum Gasteiger partial charge on any atom is -0.378 e. The molecule has 0 atom stereocenters. The number of aromatic nitrogens is 2. The smallest absolute Gasteiger partial charge is 0.270 e. The highest BCUT2D eigenvalue weighted by molar-refractivity contribution is 5.92. The Hall–Kier alpha value is -3.48. The minimum absolute atomic E-state index is 0.246. The van der Waals surface area contributed by atoms with Crippen LogP contribution in [-0.4, -0.2) is 36.5 Å². The van der Waals surface area contributed by atoms with Crippen LogP contribution in [0.4, 0.5) is 21.7 Å². The monoisotopic (exact) mass is 379 g/mol. The third kappa shape index (κ3) is 5.03. The SMILES string of the molecule is CN(C)c1ccc(Nc2nccc(C(=O)NCCc3ccccc3F)n2)cc1. The van der Waals surface area contributed by atoms with Crippen LogP contribution >= 0.6 is 0 Å². The molecule has 28 heavy (non-hydrogen) atoms. The fraction of sp³-hybridized carbons (Fsp3) is 0.190. The molecule has 1 heterocycles. The van der Waals surface area contributed by atoms with Gasteiger partial charge in [-0.1, -0.05) is 18.2 Å². The second kappa shape index (κ2) is 8.94. The molecule has 6 nitrogen and oxygen atoms in total. The summed E-state index contributed by atoms with van der Waals surface area (Å²) >= 11 is 0. The highest BCUT2D eigenvalue weighted by Crippen LogP contribution is 2.18. The lowest BCUT2D eigenvalue weighted by Crippen LogP contribution is -2.27. The Morgan fingerprint density at radius 2 is 1.82 bits per heavy atom. The molecule has 1 amide bonds. The van der Waals surface area contributed by atoms with E-state index in [1.807, 2.05) is 43.3 Å². The van der Waals surface area contributed by atoms with E-state index in [4.69, 9.17) is 0 Å². The van der Waals surface area contributed by atoms with E-state index in [9.17, 15) is 9.18 Å². The van der Waals surface area contributed by atoms with Crippen molar-refractivity contribution in [1.82, 2.24) is 15.3 Å². The number of carbonyl (C=O) groups excluding carboxylic acids is 1. The van der Waals surface area contributed by atoms with Gasteiger partial charge in [0.15, 0.2) is 0 Å². The number of halogens is 1. The lowest BCUT2D eigenvalue weighted by molar-refractivity contribution is 0.0949. The molecule has 1 aromatic heterocycles. The molecule has 2 N–H and O–H groups in total. The van der Waals surface area contributed by atoms with Crippen LogP contribution in [0.5, 0.6) is 0 Å². The van der Waals surface area contributed by atoms with Gasteiger partial charge in [0.05, 0.1) is 0 Å². The summed E-state index contributed by atoms with van der Waals surface area (Å²) in [5.41, 5.74) is 2.71. The van der Waals surface area contributed by atoms with Crippen LogP contribution < -0.4 is 15.5 Å². The highest BCUT2D eigenvalue weighted by atomic mass is 19.1. The molecule has 0 spiro atoms. The van der Waals surface area contributed by atoms with Crippen molar-refractivity contribution in [3.63, 3.8) is 0 Å². The molecule has 3 rings (SSSR count). The number of benzene rings is 2. The van der Waals surface area contributed by atoms with Gasteiger partial charge < -0.3 is 15.5 Å². The van der Waals surface area contributed by atoms with Crippen molar-refractivity contribution in [2.45, 2.75) is 6.42 Å². The van der Waals surface area contributed by atoms with Crippen molar-refractivity contribution < 1.29 is 9.18 Å². The van der Waals surface area contributed by atoms with Gasteiger partial charge in [-0.2, -0.15) is 0 Å². The van der Waals surface area contributed by atoms with Crippen LogP contribution in [0.2, 0.25) is 0 Å². The van der Waals surface area contributed by atoms with E-state index >= 15 is 0 Å². The Bertz CT molecular complexity index is 944. The molecule has 0 aliphatic carbocycles. The zero-order chi connectivity index (χ0) is 19.9. The molecule has 0 aliphatic heterocycles. The molecule has 0 bridgehead atoms. The fourth-order valence-corrected chi connectivity index (χ4v) is 2.62. The van der Waals surface area contributed by atoms with E-state index in [2.05, 4.69) is 20.6 Å². The van der Waals surface area contributed by atoms with Crippen molar-refractivity contribution in [3.05, 3.63) is 77.9 Å². The van der Waals surface area contributed by atoms with E-state index in [0.717, 1.165) is 11.4 Å². The van der Waals surface area contributed by atoms with Gasteiger partial charge in [0.25, 0.3) is 5.91 Å². The zero-order valence-electron chi connectivity index (χ0n) is 15.8. The van der Waals surface area contributed by atoms with E-state index in [1.165, 1.54) is 12.3 Å². The molecule has 7 heteroatoms. The summed E-state index contributed by atoms with van der Waals surface area (Å²) in [5, 5.41) is 5.84. The lowest BCUT2D eigenvalue weighted by Gasteiger charge is -2.13. The molecule has 0 saturated heterocycles. The second-order valence-electron chi connectivity index (χ2n) is 6.43. The maximum absolute atomic E-state index is 13.6. The summed E-state index contributed by atoms with van der Waals surface area (Å²) in [6.07, 6.45) is 1.93. The number of nitrogens with one attached hydrogen (secondary N) is 2. The number of hydrogen-bond acceptors (Lipinski definition) is 5. The largest absolute Gasteiger partial charge is 0.378 e. The Balaban J connectivity index is 1.59. The summed E-state index contributed by atoms with van der Waals surface area (Å²) < 4.78 is 13.6. The highest BCUT2D eigenvalue weighted by Gasteiger charge is 2.09. The third-order valence-electron chi connectivity index (χ3n) is 4.17. The van der Waals surface area contributed by atoms with E-state index in [-0.39, 0.29) is 17.4 Å². The van der Waals surface area contributed by atoms with Crippen LogP contribution in [0, 0.1) is 5.82 Å². The molecular formula is C21H22FN5O. The van der Waals surface area contributed by atoms with Crippen molar-refractivity contribution in [3.8, 4) is 0 Å². The molecule has 2 aromatic carbocycles. The van der Waals surface area contributed by atoms with Crippen molar-refractivity contribution >= 4 is 23.2 Å². The van der Waals surface area contributed by atoms with Gasteiger partial charge in [0.1, 0.15) is 11.5 Å². The maximum atomic E-state index is 13.6. The number of carbonyl (C=O) groups is 1. The molecule has 3 aromatic rings. The summed E-state index contributed by atoms with van der Waals surface area (Å²) in [6.45, 7) is 0.318. The molecule has 0 fully saturated rings. The van der Waals surface area contributed by atoms with Crippen LogP contribution in [-0.2, 0) is 6.42 Å². The predicted molar refractivity (Wildman–Crippen MR) is 109 cm³/mol. The van der Waals surface area contributed by atoms with Gasteiger partial charge in [0, 0.05) is 38.2 Å². The Labute approximate surface area is 163 Å². The Morgan fingerprint density at radius 1 is 1.07 bits per heavy atom. The number of anilines is 3. The van der Waals surface area contributed by atoms with Crippen LogP contribution in [0.1, 0.15) is 16.1 Å². The van der Waals surface area contributed by atoms with Crippen molar-refractivity contribution in [1.29, 1.82) is 0 Å². The number of nitrogens with zero attached hydrogens (tertiary/aromatic N) is 3. The zero-order valence-corrected chi connectivity index (χ0v) is 15.8. The first kappa shape index (κ1) is 19.3. The Kier molecular flexibility index (Phi) is 6.16. The molecular weight excluding hydrogens is 357 g/mol. The van der Waals surface area contributed by atoms with Crippen molar-refractivity contribution in [2.24, 2.45) is 0 Å². The number of amides is 1. The summed E-state index contributed by atoms with van der Waals surface area (Å²) in [5.74, 6) is -0.269. The van der Waals surface area contributed by atoms with Gasteiger partial charge in [-0.15, -0.1) is 0 Å². The molecule has 0 saturated carbocycles. The van der Waals surface area contributed by atoms with Gasteiger partial charge in [-0.25, -0.2) is 14.4 Å². The van der Waals surface area contributed by atoms with E-state index in [0.29, 0.717) is 24.5 Å². The average molecular weight is 379 g/mol. The summed E-state index contributed by atoms with van der Waals surface area (Å²) in [4.78, 5) is 22.7. The molecule has 0 radical (unpaired) electrons. The summed E-state index contributed by atoms with van der Waals surface area (Å²) in [6, 6.07) is 15.8. The van der Waals surface area contributed by atoms with Gasteiger partial charge in [-0.3, -0.25) is 4.79 Å². The summed E-state index contributed by atoms with van der Waals surface area (Å²) in [7, 11) is 3.94. The first-order valence-electron chi connectivity index (χ1n) is 8.92. The van der Waals surface area contributed by atoms with Gasteiger partial charge in [0.2, 0.25) is 5.95 Å². The van der Waals surface area contributed by atoms with E-state index < -0.39 is 0 Å². The standard InChI is InChI=1S/C21H22FN5O/c1-27(2)17-9-7-16(8-10-17)25-21-24-14-12-19(26-21)20(28)23-13-11-15-5-3-4-6-18(15)22/h3-10,12,14H,11,13H2,1-2H3,(H,23,28)(H,24,25,26). The lowest BCUT2D eigenvalue weighted by atomic mass is 10.1. The maximum Gasteiger partial charge on any atom is 0.270 e. The van der Waals surface area contributed by atoms with Crippen LogP contribution in [0.25, 0.3) is 0 Å². The quantitative estimate of drug-likeness (QED) is 0.658. The first-order valence-corrected chi connectivity index (χ1v) is 8.92. The van der Waals surface area contributed by atoms with Gasteiger partial charge >= 0.3 is 0 Å². The second-order valence-corrected chi connectivity index (χ2v) is 6.43. The first-order chi connectivity index (χ1) is 13.5. The van der Waals surface area contributed by atoms with E-state index in [1.54, 1.807) is 24.3 Å². The molecule has 0 unspecified atom stereocenters. The normalized spacial score (nSPS) is 10.4. The van der Waals surface area contributed by atoms with Crippen molar-refractivity contribution in [2.75, 3.05) is 30.9 Å². The minimum atomic E-state index is -0.329. The number of hydrogen-bond donors (Lipinski definition) is 2. The third-order valence-corrected chi connectivity index (χ3v) is 4.17. The Morgan fingerprint density at radius 3 is 2.54 bits per heavy atom. The number of rotatable bonds is 7. The topological polar surface area (TPSA) is 70.2 Å². The van der Waals surface area contributed by atoms with Gasteiger partial charge in [-0.05, 0) is 48.4 Å². The molecule has 144 valence electrons. The predicted octanol–water partition coefficient (Wildman–Crippen LogP) is 3.40. The average Bonchev–Trinajstić information content (AvgIpc) is 2.70.